The number of hydrogen-bond donors (Lipinski definition) is 1. The number of halogens is 2. The topological polar surface area (TPSA) is 47.3 Å². The third-order valence-electron chi connectivity index (χ3n) is 3.32. The van der Waals surface area contributed by atoms with Crippen molar-refractivity contribution in [3.05, 3.63) is 35.4 Å². The summed E-state index contributed by atoms with van der Waals surface area (Å²) in [5.74, 6) is -0.898. The van der Waals surface area contributed by atoms with Gasteiger partial charge in [-0.15, -0.1) is 0 Å². The molecule has 0 heterocycles. The molecule has 0 bridgehead atoms. The molecule has 0 spiro atoms. The molecule has 0 aliphatic heterocycles. The molecule has 0 aliphatic carbocycles. The molecule has 3 nitrogen and oxygen atoms in total. The van der Waals surface area contributed by atoms with Crippen LogP contribution in [0.15, 0.2) is 18.2 Å². The Kier molecular flexibility index (Phi) is 7.27. The molecular formula is C16H22F2N2O. The van der Waals surface area contributed by atoms with Gasteiger partial charge < -0.3 is 5.11 Å². The Balaban J connectivity index is 2.69. The van der Waals surface area contributed by atoms with Crippen LogP contribution >= 0.6 is 0 Å². The van der Waals surface area contributed by atoms with E-state index in [2.05, 4.69) is 19.9 Å². The standard InChI is InChI=1S/C16H22F2N2O/c1-12(2)6-9-20(8-3-7-19)11-16(21)14-5-4-13(17)10-15(14)18/h4-5,10,12,16,21H,3,6,8-9,11H2,1-2H3. The minimum atomic E-state index is -1.03. The summed E-state index contributed by atoms with van der Waals surface area (Å²) in [7, 11) is 0. The van der Waals surface area contributed by atoms with E-state index < -0.39 is 17.7 Å². The van der Waals surface area contributed by atoms with Gasteiger partial charge in [0.2, 0.25) is 0 Å². The third kappa shape index (κ3) is 6.19. The van der Waals surface area contributed by atoms with Gasteiger partial charge in [-0.2, -0.15) is 5.26 Å². The fraction of sp³-hybridized carbons (Fsp3) is 0.562. The average Bonchev–Trinajstić information content (AvgIpc) is 2.41. The zero-order chi connectivity index (χ0) is 15.8. The minimum Gasteiger partial charge on any atom is -0.387 e. The normalized spacial score (nSPS) is 12.7. The summed E-state index contributed by atoms with van der Waals surface area (Å²) in [5.41, 5.74) is 0.0860. The van der Waals surface area contributed by atoms with Gasteiger partial charge in [0.15, 0.2) is 0 Å². The van der Waals surface area contributed by atoms with E-state index >= 15 is 0 Å². The Bertz CT molecular complexity index is 486. The van der Waals surface area contributed by atoms with Crippen LogP contribution in [0.4, 0.5) is 8.78 Å². The molecule has 1 rings (SSSR count). The molecule has 0 saturated carbocycles. The maximum atomic E-state index is 13.6. The second-order valence-electron chi connectivity index (χ2n) is 5.57. The van der Waals surface area contributed by atoms with Crippen LogP contribution in [0.3, 0.4) is 0 Å². The SMILES string of the molecule is CC(C)CCN(CCC#N)CC(O)c1ccc(F)cc1F. The van der Waals surface area contributed by atoms with Gasteiger partial charge >= 0.3 is 0 Å². The van der Waals surface area contributed by atoms with Crippen molar-refractivity contribution in [2.24, 2.45) is 5.92 Å². The van der Waals surface area contributed by atoms with Crippen molar-refractivity contribution in [2.45, 2.75) is 32.8 Å². The number of nitrogens with zero attached hydrogens (tertiary/aromatic N) is 2. The highest BCUT2D eigenvalue weighted by atomic mass is 19.1. The number of nitriles is 1. The van der Waals surface area contributed by atoms with E-state index in [1.807, 2.05) is 4.90 Å². The first-order valence-corrected chi connectivity index (χ1v) is 7.16. The number of benzene rings is 1. The van der Waals surface area contributed by atoms with E-state index in [0.29, 0.717) is 18.9 Å². The molecule has 0 aliphatic rings. The monoisotopic (exact) mass is 296 g/mol. The van der Waals surface area contributed by atoms with Gasteiger partial charge in [-0.05, 0) is 24.9 Å². The lowest BCUT2D eigenvalue weighted by Gasteiger charge is -2.25. The minimum absolute atomic E-state index is 0.0860. The van der Waals surface area contributed by atoms with Crippen molar-refractivity contribution in [1.82, 2.24) is 4.90 Å². The van der Waals surface area contributed by atoms with Gasteiger partial charge in [-0.1, -0.05) is 19.9 Å². The lowest BCUT2D eigenvalue weighted by atomic mass is 10.1. The first-order chi connectivity index (χ1) is 9.93. The summed E-state index contributed by atoms with van der Waals surface area (Å²) in [6.07, 6.45) is 0.261. The van der Waals surface area contributed by atoms with Gasteiger partial charge in [0, 0.05) is 31.1 Å². The molecule has 0 amide bonds. The summed E-state index contributed by atoms with van der Waals surface area (Å²) in [6, 6.07) is 5.24. The van der Waals surface area contributed by atoms with Crippen LogP contribution in [0.5, 0.6) is 0 Å². The molecule has 1 unspecified atom stereocenters. The van der Waals surface area contributed by atoms with E-state index in [1.54, 1.807) is 0 Å². The molecule has 0 aromatic heterocycles. The lowest BCUT2D eigenvalue weighted by molar-refractivity contribution is 0.108. The maximum absolute atomic E-state index is 13.6. The molecule has 1 aromatic rings. The fourth-order valence-electron chi connectivity index (χ4n) is 2.06. The summed E-state index contributed by atoms with van der Waals surface area (Å²) in [4.78, 5) is 1.94. The van der Waals surface area contributed by atoms with Gasteiger partial charge in [-0.3, -0.25) is 4.90 Å². The molecule has 0 radical (unpaired) electrons. The zero-order valence-corrected chi connectivity index (χ0v) is 12.5. The van der Waals surface area contributed by atoms with Crippen LogP contribution in [0.25, 0.3) is 0 Å². The highest BCUT2D eigenvalue weighted by Gasteiger charge is 2.17. The zero-order valence-electron chi connectivity index (χ0n) is 12.5. The fourth-order valence-corrected chi connectivity index (χ4v) is 2.06. The van der Waals surface area contributed by atoms with Crippen molar-refractivity contribution >= 4 is 0 Å². The molecule has 0 saturated heterocycles. The van der Waals surface area contributed by atoms with Crippen molar-refractivity contribution in [1.29, 1.82) is 5.26 Å². The van der Waals surface area contributed by atoms with Crippen molar-refractivity contribution in [2.75, 3.05) is 19.6 Å². The number of aliphatic hydroxyl groups excluding tert-OH is 1. The molecule has 1 atom stereocenters. The Labute approximate surface area is 124 Å². The molecular weight excluding hydrogens is 274 g/mol. The Morgan fingerprint density at radius 1 is 1.29 bits per heavy atom. The molecule has 1 N–H and O–H groups in total. The lowest BCUT2D eigenvalue weighted by Crippen LogP contribution is -2.31. The predicted molar refractivity (Wildman–Crippen MR) is 77.4 cm³/mol. The predicted octanol–water partition coefficient (Wildman–Crippen LogP) is 3.26. The van der Waals surface area contributed by atoms with Crippen LogP contribution < -0.4 is 0 Å². The summed E-state index contributed by atoms with van der Waals surface area (Å²) >= 11 is 0. The van der Waals surface area contributed by atoms with E-state index in [4.69, 9.17) is 5.26 Å². The number of aliphatic hydroxyl groups is 1. The van der Waals surface area contributed by atoms with E-state index in [9.17, 15) is 13.9 Å². The summed E-state index contributed by atoms with van der Waals surface area (Å²) in [6.45, 7) is 5.69. The highest BCUT2D eigenvalue weighted by molar-refractivity contribution is 5.21. The van der Waals surface area contributed by atoms with Gasteiger partial charge in [0.05, 0.1) is 12.2 Å². The quantitative estimate of drug-likeness (QED) is 0.801. The van der Waals surface area contributed by atoms with Gasteiger partial charge in [0.25, 0.3) is 0 Å². The second-order valence-corrected chi connectivity index (χ2v) is 5.57. The molecule has 5 heteroatoms. The van der Waals surface area contributed by atoms with Gasteiger partial charge in [-0.25, -0.2) is 8.78 Å². The third-order valence-corrected chi connectivity index (χ3v) is 3.32. The van der Waals surface area contributed by atoms with E-state index in [1.165, 1.54) is 6.07 Å². The van der Waals surface area contributed by atoms with Crippen LogP contribution in [-0.2, 0) is 0 Å². The highest BCUT2D eigenvalue weighted by Crippen LogP contribution is 2.19. The molecule has 0 fully saturated rings. The molecule has 116 valence electrons. The Morgan fingerprint density at radius 2 is 2.00 bits per heavy atom. The summed E-state index contributed by atoms with van der Waals surface area (Å²) in [5, 5.41) is 18.8. The maximum Gasteiger partial charge on any atom is 0.131 e. The van der Waals surface area contributed by atoms with Crippen LogP contribution in [0.2, 0.25) is 0 Å². The van der Waals surface area contributed by atoms with E-state index in [0.717, 1.165) is 25.1 Å². The smallest absolute Gasteiger partial charge is 0.131 e. The van der Waals surface area contributed by atoms with Crippen molar-refractivity contribution < 1.29 is 13.9 Å². The number of rotatable bonds is 8. The van der Waals surface area contributed by atoms with Crippen LogP contribution in [0, 0.1) is 28.9 Å². The first-order valence-electron chi connectivity index (χ1n) is 7.16. The molecule has 21 heavy (non-hydrogen) atoms. The van der Waals surface area contributed by atoms with Crippen LogP contribution in [0.1, 0.15) is 38.4 Å². The largest absolute Gasteiger partial charge is 0.387 e. The molecule has 1 aromatic carbocycles. The van der Waals surface area contributed by atoms with Crippen molar-refractivity contribution in [3.8, 4) is 6.07 Å². The van der Waals surface area contributed by atoms with Crippen LogP contribution in [-0.4, -0.2) is 29.6 Å². The van der Waals surface area contributed by atoms with E-state index in [-0.39, 0.29) is 12.1 Å². The second kappa shape index (κ2) is 8.71. The Morgan fingerprint density at radius 3 is 2.57 bits per heavy atom. The Hall–Kier alpha value is -1.51. The average molecular weight is 296 g/mol. The van der Waals surface area contributed by atoms with Crippen molar-refractivity contribution in [3.63, 3.8) is 0 Å². The van der Waals surface area contributed by atoms with Gasteiger partial charge in [0.1, 0.15) is 11.6 Å². The number of hydrogen-bond acceptors (Lipinski definition) is 3. The summed E-state index contributed by atoms with van der Waals surface area (Å²) < 4.78 is 26.5. The first kappa shape index (κ1) is 17.5.